The van der Waals surface area contributed by atoms with E-state index >= 15 is 0 Å². The zero-order chi connectivity index (χ0) is 14.5. The lowest BCUT2D eigenvalue weighted by Crippen LogP contribution is -2.35. The normalized spacial score (nSPS) is 25.5. The molecule has 0 bridgehead atoms. The minimum Gasteiger partial charge on any atom is -0.325 e. The molecule has 0 aliphatic heterocycles. The van der Waals surface area contributed by atoms with Crippen molar-refractivity contribution in [1.82, 2.24) is 0 Å². The Morgan fingerprint density at radius 1 is 0.450 bits per heavy atom. The quantitative estimate of drug-likeness (QED) is 0.550. The van der Waals surface area contributed by atoms with Crippen molar-refractivity contribution in [2.45, 2.75) is 122 Å². The van der Waals surface area contributed by atoms with Gasteiger partial charge >= 0.3 is 0 Å². The SMILES string of the molecule is CC1(N)CCCCCCCCCCCCCCCCC1. The van der Waals surface area contributed by atoms with Crippen molar-refractivity contribution in [1.29, 1.82) is 0 Å². The Kier molecular flexibility index (Phi) is 10.4. The Morgan fingerprint density at radius 3 is 0.900 bits per heavy atom. The highest BCUT2D eigenvalue weighted by atomic mass is 14.7. The standard InChI is InChI=1S/C19H39N/c1-19(20)17-15-13-11-9-7-5-3-2-4-6-8-10-12-14-16-18-19/h2-18,20H2,1H3. The van der Waals surface area contributed by atoms with Crippen LogP contribution in [0.2, 0.25) is 0 Å². The van der Waals surface area contributed by atoms with Crippen LogP contribution in [0.25, 0.3) is 0 Å². The first-order chi connectivity index (χ1) is 9.71. The first kappa shape index (κ1) is 18.0. The van der Waals surface area contributed by atoms with Gasteiger partial charge in [0.2, 0.25) is 0 Å². The molecule has 0 heterocycles. The lowest BCUT2D eigenvalue weighted by Gasteiger charge is -2.24. The monoisotopic (exact) mass is 281 g/mol. The third-order valence-electron chi connectivity index (χ3n) is 5.00. The molecule has 0 saturated heterocycles. The summed E-state index contributed by atoms with van der Waals surface area (Å²) in [5.41, 5.74) is 6.53. The molecule has 0 radical (unpaired) electrons. The molecule has 120 valence electrons. The van der Waals surface area contributed by atoms with E-state index in [1.54, 1.807) is 0 Å². The van der Waals surface area contributed by atoms with Gasteiger partial charge in [0.15, 0.2) is 0 Å². The number of rotatable bonds is 0. The van der Waals surface area contributed by atoms with Crippen LogP contribution in [0, 0.1) is 0 Å². The highest BCUT2D eigenvalue weighted by Crippen LogP contribution is 2.21. The van der Waals surface area contributed by atoms with Crippen LogP contribution in [0.15, 0.2) is 0 Å². The van der Waals surface area contributed by atoms with Crippen molar-refractivity contribution in [3.8, 4) is 0 Å². The van der Waals surface area contributed by atoms with Gasteiger partial charge in [-0.3, -0.25) is 0 Å². The smallest absolute Gasteiger partial charge is 0.0125 e. The van der Waals surface area contributed by atoms with Crippen LogP contribution >= 0.6 is 0 Å². The molecular formula is C19H39N. The molecule has 0 unspecified atom stereocenters. The maximum absolute atomic E-state index is 6.43. The van der Waals surface area contributed by atoms with Gasteiger partial charge in [0, 0.05) is 5.54 Å². The van der Waals surface area contributed by atoms with Gasteiger partial charge in [0.05, 0.1) is 0 Å². The van der Waals surface area contributed by atoms with Crippen molar-refractivity contribution >= 4 is 0 Å². The van der Waals surface area contributed by atoms with E-state index in [1.165, 1.54) is 109 Å². The van der Waals surface area contributed by atoms with E-state index in [0.29, 0.717) is 0 Å². The summed E-state index contributed by atoms with van der Waals surface area (Å²) in [5, 5.41) is 0. The maximum Gasteiger partial charge on any atom is 0.0125 e. The van der Waals surface area contributed by atoms with Crippen molar-refractivity contribution < 1.29 is 0 Å². The third-order valence-corrected chi connectivity index (χ3v) is 5.00. The second kappa shape index (κ2) is 11.6. The Bertz CT molecular complexity index is 190. The summed E-state index contributed by atoms with van der Waals surface area (Å²) in [7, 11) is 0. The Balaban J connectivity index is 2.18. The summed E-state index contributed by atoms with van der Waals surface area (Å²) in [6, 6.07) is 0. The number of nitrogens with two attached hydrogens (primary N) is 1. The summed E-state index contributed by atoms with van der Waals surface area (Å²) in [6.45, 7) is 2.27. The van der Waals surface area contributed by atoms with Gasteiger partial charge in [-0.05, 0) is 19.8 Å². The molecule has 0 spiro atoms. The highest BCUT2D eigenvalue weighted by Gasteiger charge is 2.16. The van der Waals surface area contributed by atoms with Crippen LogP contribution in [0.5, 0.6) is 0 Å². The molecule has 1 nitrogen and oxygen atoms in total. The van der Waals surface area contributed by atoms with E-state index in [9.17, 15) is 0 Å². The van der Waals surface area contributed by atoms with Crippen LogP contribution in [-0.4, -0.2) is 5.54 Å². The lowest BCUT2D eigenvalue weighted by molar-refractivity contribution is 0.362. The maximum atomic E-state index is 6.43. The predicted octanol–water partition coefficient (Wildman–Crippen LogP) is 6.35. The molecule has 1 aliphatic carbocycles. The van der Waals surface area contributed by atoms with Gasteiger partial charge in [0.1, 0.15) is 0 Å². The van der Waals surface area contributed by atoms with Crippen molar-refractivity contribution in [3.63, 3.8) is 0 Å². The first-order valence-electron chi connectivity index (χ1n) is 9.50. The van der Waals surface area contributed by atoms with E-state index in [-0.39, 0.29) is 5.54 Å². The molecule has 0 aromatic carbocycles. The zero-order valence-electron chi connectivity index (χ0n) is 14.1. The van der Waals surface area contributed by atoms with E-state index in [1.807, 2.05) is 0 Å². The second-order valence-electron chi connectivity index (χ2n) is 7.46. The Hall–Kier alpha value is -0.0400. The molecule has 0 atom stereocenters. The van der Waals surface area contributed by atoms with Crippen molar-refractivity contribution in [2.75, 3.05) is 0 Å². The molecule has 0 aromatic rings. The van der Waals surface area contributed by atoms with Crippen LogP contribution < -0.4 is 5.73 Å². The first-order valence-corrected chi connectivity index (χ1v) is 9.50. The van der Waals surface area contributed by atoms with E-state index in [2.05, 4.69) is 6.92 Å². The lowest BCUT2D eigenvalue weighted by atomic mass is 9.89. The minimum absolute atomic E-state index is 0.103. The van der Waals surface area contributed by atoms with Gasteiger partial charge in [0.25, 0.3) is 0 Å². The predicted molar refractivity (Wildman–Crippen MR) is 91.1 cm³/mol. The van der Waals surface area contributed by atoms with Crippen LogP contribution in [-0.2, 0) is 0 Å². The molecule has 20 heavy (non-hydrogen) atoms. The summed E-state index contributed by atoms with van der Waals surface area (Å²) in [6.07, 6.45) is 23.9. The molecule has 1 saturated carbocycles. The van der Waals surface area contributed by atoms with Gasteiger partial charge in [-0.1, -0.05) is 96.3 Å². The Morgan fingerprint density at radius 2 is 0.650 bits per heavy atom. The molecule has 1 aliphatic rings. The summed E-state index contributed by atoms with van der Waals surface area (Å²) < 4.78 is 0. The largest absolute Gasteiger partial charge is 0.325 e. The fourth-order valence-electron chi connectivity index (χ4n) is 3.48. The molecule has 1 rings (SSSR count). The zero-order valence-corrected chi connectivity index (χ0v) is 14.1. The summed E-state index contributed by atoms with van der Waals surface area (Å²) in [5.74, 6) is 0. The molecule has 1 heteroatoms. The van der Waals surface area contributed by atoms with Gasteiger partial charge in [-0.2, -0.15) is 0 Å². The van der Waals surface area contributed by atoms with Gasteiger partial charge in [-0.25, -0.2) is 0 Å². The third kappa shape index (κ3) is 10.7. The van der Waals surface area contributed by atoms with Crippen LogP contribution in [0.3, 0.4) is 0 Å². The topological polar surface area (TPSA) is 26.0 Å². The molecule has 2 N–H and O–H groups in total. The van der Waals surface area contributed by atoms with Crippen molar-refractivity contribution in [3.05, 3.63) is 0 Å². The Labute approximate surface area is 128 Å². The fraction of sp³-hybridized carbons (Fsp3) is 1.00. The molecule has 0 aromatic heterocycles. The summed E-state index contributed by atoms with van der Waals surface area (Å²) >= 11 is 0. The fourth-order valence-corrected chi connectivity index (χ4v) is 3.48. The van der Waals surface area contributed by atoms with Gasteiger partial charge < -0.3 is 5.73 Å². The minimum atomic E-state index is 0.103. The second-order valence-corrected chi connectivity index (χ2v) is 7.46. The molecule has 0 amide bonds. The van der Waals surface area contributed by atoms with Crippen molar-refractivity contribution in [2.24, 2.45) is 5.73 Å². The molecular weight excluding hydrogens is 242 g/mol. The van der Waals surface area contributed by atoms with E-state index in [0.717, 1.165) is 0 Å². The summed E-state index contributed by atoms with van der Waals surface area (Å²) in [4.78, 5) is 0. The number of hydrogen-bond donors (Lipinski definition) is 1. The molecule has 1 fully saturated rings. The van der Waals surface area contributed by atoms with Crippen LogP contribution in [0.4, 0.5) is 0 Å². The number of hydrogen-bond acceptors (Lipinski definition) is 1. The highest BCUT2D eigenvalue weighted by molar-refractivity contribution is 4.78. The average Bonchev–Trinajstić information content (AvgIpc) is 2.41. The van der Waals surface area contributed by atoms with E-state index < -0.39 is 0 Å². The van der Waals surface area contributed by atoms with Crippen LogP contribution in [0.1, 0.15) is 116 Å². The van der Waals surface area contributed by atoms with Gasteiger partial charge in [-0.15, -0.1) is 0 Å². The average molecular weight is 282 g/mol. The van der Waals surface area contributed by atoms with E-state index in [4.69, 9.17) is 5.73 Å².